The van der Waals surface area contributed by atoms with Crippen LogP contribution in [-0.4, -0.2) is 26.7 Å². The molecule has 0 saturated carbocycles. The first kappa shape index (κ1) is 18.5. The molecule has 0 radical (unpaired) electrons. The lowest BCUT2D eigenvalue weighted by Gasteiger charge is -2.29. The van der Waals surface area contributed by atoms with Crippen molar-refractivity contribution in [3.8, 4) is 17.1 Å². The summed E-state index contributed by atoms with van der Waals surface area (Å²) in [5, 5.41) is 12.9. The number of hydrogen-bond acceptors (Lipinski definition) is 6. The van der Waals surface area contributed by atoms with Crippen LogP contribution in [0, 0.1) is 0 Å². The van der Waals surface area contributed by atoms with E-state index in [0.717, 1.165) is 34.3 Å². The maximum atomic E-state index is 6.23. The highest BCUT2D eigenvalue weighted by molar-refractivity contribution is 9.10. The second kappa shape index (κ2) is 7.91. The van der Waals surface area contributed by atoms with Gasteiger partial charge in [-0.15, -0.1) is 10.2 Å². The van der Waals surface area contributed by atoms with Crippen LogP contribution in [0.15, 0.2) is 27.8 Å². The monoisotopic (exact) mass is 422 g/mol. The number of ether oxygens (including phenoxy) is 1. The van der Waals surface area contributed by atoms with Crippen LogP contribution in [0.2, 0.25) is 0 Å². The Bertz CT molecular complexity index is 758. The van der Waals surface area contributed by atoms with Gasteiger partial charge in [-0.05, 0) is 31.5 Å². The molecule has 1 N–H and O–H groups in total. The predicted octanol–water partition coefficient (Wildman–Crippen LogP) is 5.51. The molecule has 0 fully saturated rings. The first-order valence-corrected chi connectivity index (χ1v) is 10.5. The summed E-state index contributed by atoms with van der Waals surface area (Å²) in [6, 6.07) is 6.06. The second-order valence-electron chi connectivity index (χ2n) is 6.31. The van der Waals surface area contributed by atoms with E-state index in [0.29, 0.717) is 16.7 Å². The number of unbranched alkanes of at least 4 members (excludes halogenated alkanes) is 2. The zero-order valence-electron chi connectivity index (χ0n) is 14.8. The Morgan fingerprint density at radius 3 is 2.84 bits per heavy atom. The van der Waals surface area contributed by atoms with Crippen molar-refractivity contribution < 1.29 is 4.74 Å². The summed E-state index contributed by atoms with van der Waals surface area (Å²) < 4.78 is 7.22. The smallest absolute Gasteiger partial charge is 0.247 e. The van der Waals surface area contributed by atoms with Gasteiger partial charge in [-0.1, -0.05) is 54.4 Å². The molecule has 1 atom stereocenters. The van der Waals surface area contributed by atoms with E-state index >= 15 is 0 Å². The molecule has 7 heteroatoms. The third-order valence-corrected chi connectivity index (χ3v) is 5.66. The average Bonchev–Trinajstić information content (AvgIpc) is 2.72. The van der Waals surface area contributed by atoms with Crippen LogP contribution in [0.3, 0.4) is 0 Å². The molecule has 0 saturated heterocycles. The van der Waals surface area contributed by atoms with Gasteiger partial charge < -0.3 is 10.1 Å². The molecule has 134 valence electrons. The van der Waals surface area contributed by atoms with E-state index in [1.807, 2.05) is 25.1 Å². The molecule has 1 aliphatic heterocycles. The number of rotatable bonds is 6. The van der Waals surface area contributed by atoms with E-state index in [9.17, 15) is 0 Å². The number of aromatic nitrogens is 3. The Labute approximate surface area is 161 Å². The molecule has 0 aliphatic carbocycles. The molecular formula is C18H23BrN4OS. The SMILES string of the molecule is CCCCCSc1nnc2c(n1)O[C@@](C)(CC)Nc1ccc(Br)cc1-2. The molecule has 2 heterocycles. The zero-order chi connectivity index (χ0) is 17.9. The number of halogens is 1. The first-order valence-electron chi connectivity index (χ1n) is 8.69. The van der Waals surface area contributed by atoms with Crippen molar-refractivity contribution in [1.82, 2.24) is 15.2 Å². The molecule has 0 unspecified atom stereocenters. The summed E-state index contributed by atoms with van der Waals surface area (Å²) in [6.45, 7) is 6.32. The predicted molar refractivity (Wildman–Crippen MR) is 106 cm³/mol. The molecule has 3 rings (SSSR count). The Hall–Kier alpha value is -1.34. The van der Waals surface area contributed by atoms with Crippen molar-refractivity contribution in [2.45, 2.75) is 57.3 Å². The normalized spacial score (nSPS) is 18.6. The molecule has 0 bridgehead atoms. The van der Waals surface area contributed by atoms with Crippen LogP contribution in [-0.2, 0) is 0 Å². The van der Waals surface area contributed by atoms with Crippen molar-refractivity contribution in [3.63, 3.8) is 0 Å². The highest BCUT2D eigenvalue weighted by Gasteiger charge is 2.32. The maximum absolute atomic E-state index is 6.23. The first-order chi connectivity index (χ1) is 12.0. The highest BCUT2D eigenvalue weighted by atomic mass is 79.9. The third kappa shape index (κ3) is 4.26. The minimum Gasteiger partial charge on any atom is -0.450 e. The molecule has 2 aromatic rings. The van der Waals surface area contributed by atoms with Gasteiger partial charge >= 0.3 is 0 Å². The van der Waals surface area contributed by atoms with E-state index in [4.69, 9.17) is 4.74 Å². The fourth-order valence-electron chi connectivity index (χ4n) is 2.62. The second-order valence-corrected chi connectivity index (χ2v) is 8.28. The van der Waals surface area contributed by atoms with Gasteiger partial charge in [-0.3, -0.25) is 0 Å². The van der Waals surface area contributed by atoms with E-state index in [2.05, 4.69) is 50.3 Å². The lowest BCUT2D eigenvalue weighted by molar-refractivity contribution is 0.109. The fourth-order valence-corrected chi connectivity index (χ4v) is 3.76. The fraction of sp³-hybridized carbons (Fsp3) is 0.500. The van der Waals surface area contributed by atoms with Crippen molar-refractivity contribution >= 4 is 33.4 Å². The number of benzene rings is 1. The Balaban J connectivity index is 1.97. The summed E-state index contributed by atoms with van der Waals surface area (Å²) >= 11 is 5.17. The average molecular weight is 423 g/mol. The number of nitrogens with zero attached hydrogens (tertiary/aromatic N) is 3. The molecule has 1 aromatic carbocycles. The van der Waals surface area contributed by atoms with Crippen LogP contribution in [0.5, 0.6) is 5.88 Å². The lowest BCUT2D eigenvalue weighted by Crippen LogP contribution is -2.40. The lowest BCUT2D eigenvalue weighted by atomic mass is 10.1. The maximum Gasteiger partial charge on any atom is 0.247 e. The highest BCUT2D eigenvalue weighted by Crippen LogP contribution is 2.40. The van der Waals surface area contributed by atoms with Gasteiger partial charge in [0.1, 0.15) is 0 Å². The van der Waals surface area contributed by atoms with Crippen molar-refractivity contribution in [2.24, 2.45) is 0 Å². The van der Waals surface area contributed by atoms with Gasteiger partial charge in [0.2, 0.25) is 11.0 Å². The van der Waals surface area contributed by atoms with Gasteiger partial charge in [-0.25, -0.2) is 0 Å². The van der Waals surface area contributed by atoms with Gasteiger partial charge in [0, 0.05) is 27.9 Å². The topological polar surface area (TPSA) is 59.9 Å². The van der Waals surface area contributed by atoms with E-state index in [1.165, 1.54) is 12.8 Å². The largest absolute Gasteiger partial charge is 0.450 e. The van der Waals surface area contributed by atoms with Crippen LogP contribution in [0.1, 0.15) is 46.5 Å². The Morgan fingerprint density at radius 1 is 1.24 bits per heavy atom. The number of anilines is 1. The Morgan fingerprint density at radius 2 is 2.08 bits per heavy atom. The van der Waals surface area contributed by atoms with Crippen LogP contribution >= 0.6 is 27.7 Å². The summed E-state index contributed by atoms with van der Waals surface area (Å²) in [4.78, 5) is 4.65. The van der Waals surface area contributed by atoms with Crippen molar-refractivity contribution in [2.75, 3.05) is 11.1 Å². The molecule has 0 spiro atoms. The minimum absolute atomic E-state index is 0.534. The number of fused-ring (bicyclic) bond motifs is 3. The zero-order valence-corrected chi connectivity index (χ0v) is 17.2. The van der Waals surface area contributed by atoms with Crippen LogP contribution in [0.4, 0.5) is 5.69 Å². The van der Waals surface area contributed by atoms with Crippen LogP contribution in [0.25, 0.3) is 11.3 Å². The standard InChI is InChI=1S/C18H23BrN4OS/c1-4-6-7-10-25-17-20-16-15(22-23-17)13-11-12(19)8-9-14(13)21-18(3,5-2)24-16/h8-9,11,21H,4-7,10H2,1-3H3/t18-/m0/s1. The molecular weight excluding hydrogens is 400 g/mol. The third-order valence-electron chi connectivity index (χ3n) is 4.25. The summed E-state index contributed by atoms with van der Waals surface area (Å²) in [7, 11) is 0. The van der Waals surface area contributed by atoms with E-state index < -0.39 is 5.72 Å². The van der Waals surface area contributed by atoms with Gasteiger partial charge in [-0.2, -0.15) is 4.98 Å². The summed E-state index contributed by atoms with van der Waals surface area (Å²) in [5.74, 6) is 1.54. The Kier molecular flexibility index (Phi) is 5.84. The molecule has 25 heavy (non-hydrogen) atoms. The molecule has 0 amide bonds. The number of thioether (sulfide) groups is 1. The summed E-state index contributed by atoms with van der Waals surface area (Å²) in [5.41, 5.74) is 2.07. The van der Waals surface area contributed by atoms with Crippen molar-refractivity contribution in [3.05, 3.63) is 22.7 Å². The number of hydrogen-bond donors (Lipinski definition) is 1. The number of nitrogens with one attached hydrogen (secondary N) is 1. The van der Waals surface area contributed by atoms with Crippen molar-refractivity contribution in [1.29, 1.82) is 0 Å². The van der Waals surface area contributed by atoms with Gasteiger partial charge in [0.25, 0.3) is 0 Å². The van der Waals surface area contributed by atoms with Gasteiger partial charge in [0.05, 0.1) is 0 Å². The van der Waals surface area contributed by atoms with Gasteiger partial charge in [0.15, 0.2) is 11.4 Å². The molecule has 1 aliphatic rings. The molecule has 5 nitrogen and oxygen atoms in total. The van der Waals surface area contributed by atoms with E-state index in [1.54, 1.807) is 11.8 Å². The van der Waals surface area contributed by atoms with E-state index in [-0.39, 0.29) is 0 Å². The minimum atomic E-state index is -0.534. The quantitative estimate of drug-likeness (QED) is 0.488. The van der Waals surface area contributed by atoms with Crippen LogP contribution < -0.4 is 10.1 Å². The summed E-state index contributed by atoms with van der Waals surface area (Å²) in [6.07, 6.45) is 4.39. The molecule has 1 aromatic heterocycles.